The van der Waals surface area contributed by atoms with Gasteiger partial charge in [-0.3, -0.25) is 4.79 Å². The fourth-order valence-electron chi connectivity index (χ4n) is 2.85. The number of halogens is 3. The second-order valence-corrected chi connectivity index (χ2v) is 6.07. The van der Waals surface area contributed by atoms with Crippen LogP contribution in [0.5, 0.6) is 11.5 Å². The SMILES string of the molecule is CC(=O)c1c(F)c(F)c(Oc2ccc(C)cc2)c(F)c1N1CCOCC1. The molecular weight excluding hydrogens is 347 g/mol. The number of morpholine rings is 1. The van der Waals surface area contributed by atoms with Crippen molar-refractivity contribution in [2.75, 3.05) is 31.2 Å². The molecule has 3 rings (SSSR count). The summed E-state index contributed by atoms with van der Waals surface area (Å²) in [5, 5.41) is 0. The van der Waals surface area contributed by atoms with Gasteiger partial charge in [0.1, 0.15) is 5.75 Å². The van der Waals surface area contributed by atoms with Crippen molar-refractivity contribution >= 4 is 11.5 Å². The number of carbonyl (C=O) groups is 1. The lowest BCUT2D eigenvalue weighted by Crippen LogP contribution is -2.38. The maximum Gasteiger partial charge on any atom is 0.205 e. The van der Waals surface area contributed by atoms with Gasteiger partial charge in [-0.25, -0.2) is 8.78 Å². The van der Waals surface area contributed by atoms with Crippen LogP contribution in [-0.4, -0.2) is 32.1 Å². The normalized spacial score (nSPS) is 14.4. The Bertz CT molecular complexity index is 831. The molecule has 2 aromatic rings. The second-order valence-electron chi connectivity index (χ2n) is 6.07. The van der Waals surface area contributed by atoms with Crippen molar-refractivity contribution in [3.63, 3.8) is 0 Å². The van der Waals surface area contributed by atoms with Gasteiger partial charge in [0.15, 0.2) is 17.4 Å². The molecule has 0 atom stereocenters. The summed E-state index contributed by atoms with van der Waals surface area (Å²) in [5.41, 5.74) is 0.0328. The third-order valence-electron chi connectivity index (χ3n) is 4.18. The zero-order valence-electron chi connectivity index (χ0n) is 14.4. The minimum atomic E-state index is -1.52. The summed E-state index contributed by atoms with van der Waals surface area (Å²) in [6.45, 7) is 4.02. The van der Waals surface area contributed by atoms with E-state index in [-0.39, 0.29) is 24.5 Å². The van der Waals surface area contributed by atoms with Crippen LogP contribution in [0.15, 0.2) is 24.3 Å². The number of aryl methyl sites for hydroxylation is 1. The number of Topliss-reactive ketones (excluding diaryl/α,β-unsaturated/α-hetero) is 1. The predicted molar refractivity (Wildman–Crippen MR) is 90.6 cm³/mol. The highest BCUT2D eigenvalue weighted by Crippen LogP contribution is 2.39. The van der Waals surface area contributed by atoms with Gasteiger partial charge in [-0.15, -0.1) is 0 Å². The summed E-state index contributed by atoms with van der Waals surface area (Å²) < 4.78 is 54.6. The van der Waals surface area contributed by atoms with Crippen LogP contribution in [0.3, 0.4) is 0 Å². The van der Waals surface area contributed by atoms with Crippen LogP contribution in [-0.2, 0) is 4.74 Å². The number of anilines is 1. The lowest BCUT2D eigenvalue weighted by atomic mass is 10.0. The number of benzene rings is 2. The van der Waals surface area contributed by atoms with Gasteiger partial charge in [-0.05, 0) is 26.0 Å². The summed E-state index contributed by atoms with van der Waals surface area (Å²) in [6, 6.07) is 6.46. The Labute approximate surface area is 149 Å². The molecule has 138 valence electrons. The zero-order valence-corrected chi connectivity index (χ0v) is 14.4. The van der Waals surface area contributed by atoms with Crippen molar-refractivity contribution in [1.29, 1.82) is 0 Å². The number of hydrogen-bond donors (Lipinski definition) is 0. The molecule has 2 aromatic carbocycles. The highest BCUT2D eigenvalue weighted by atomic mass is 19.2. The number of rotatable bonds is 4. The molecule has 0 N–H and O–H groups in total. The summed E-state index contributed by atoms with van der Waals surface area (Å²) in [5.74, 6) is -5.50. The van der Waals surface area contributed by atoms with Gasteiger partial charge in [0, 0.05) is 13.1 Å². The molecule has 0 saturated carbocycles. The van der Waals surface area contributed by atoms with Gasteiger partial charge in [0.05, 0.1) is 24.5 Å². The van der Waals surface area contributed by atoms with Crippen LogP contribution in [0.1, 0.15) is 22.8 Å². The standard InChI is InChI=1S/C19H18F3NO3/c1-11-3-5-13(6-4-11)26-19-16(21)15(20)14(12(2)24)18(17(19)22)23-7-9-25-10-8-23/h3-6H,7-10H2,1-2H3. The number of carbonyl (C=O) groups excluding carboxylic acids is 1. The fourth-order valence-corrected chi connectivity index (χ4v) is 2.85. The van der Waals surface area contributed by atoms with Crippen molar-refractivity contribution in [3.05, 3.63) is 52.8 Å². The fraction of sp³-hybridized carbons (Fsp3) is 0.316. The van der Waals surface area contributed by atoms with E-state index in [4.69, 9.17) is 9.47 Å². The monoisotopic (exact) mass is 365 g/mol. The Hall–Kier alpha value is -2.54. The van der Waals surface area contributed by atoms with Gasteiger partial charge in [-0.2, -0.15) is 4.39 Å². The molecule has 1 fully saturated rings. The highest BCUT2D eigenvalue weighted by molar-refractivity contribution is 6.00. The van der Waals surface area contributed by atoms with E-state index in [2.05, 4.69) is 0 Å². The molecule has 0 radical (unpaired) electrons. The second kappa shape index (κ2) is 7.37. The van der Waals surface area contributed by atoms with Gasteiger partial charge in [0.2, 0.25) is 11.6 Å². The van der Waals surface area contributed by atoms with Crippen LogP contribution in [0, 0.1) is 24.4 Å². The first-order valence-electron chi connectivity index (χ1n) is 8.18. The average molecular weight is 365 g/mol. The quantitative estimate of drug-likeness (QED) is 0.600. The maximum absolute atomic E-state index is 15.1. The molecule has 0 aliphatic carbocycles. The van der Waals surface area contributed by atoms with Crippen molar-refractivity contribution in [1.82, 2.24) is 0 Å². The zero-order chi connectivity index (χ0) is 18.8. The lowest BCUT2D eigenvalue weighted by Gasteiger charge is -2.31. The first kappa shape index (κ1) is 18.3. The molecule has 4 nitrogen and oxygen atoms in total. The minimum Gasteiger partial charge on any atom is -0.451 e. The molecule has 0 aromatic heterocycles. The van der Waals surface area contributed by atoms with Gasteiger partial charge in [-0.1, -0.05) is 17.7 Å². The number of hydrogen-bond acceptors (Lipinski definition) is 4. The third kappa shape index (κ3) is 3.39. The van der Waals surface area contributed by atoms with Crippen LogP contribution < -0.4 is 9.64 Å². The summed E-state index contributed by atoms with van der Waals surface area (Å²) >= 11 is 0. The minimum absolute atomic E-state index is 0.163. The number of ether oxygens (including phenoxy) is 2. The van der Waals surface area contributed by atoms with Crippen LogP contribution >= 0.6 is 0 Å². The van der Waals surface area contributed by atoms with E-state index in [0.717, 1.165) is 12.5 Å². The Morgan fingerprint density at radius 3 is 2.23 bits per heavy atom. The molecule has 0 spiro atoms. The molecule has 26 heavy (non-hydrogen) atoms. The summed E-state index contributed by atoms with van der Waals surface area (Å²) in [7, 11) is 0. The topological polar surface area (TPSA) is 38.8 Å². The molecule has 1 aliphatic rings. The van der Waals surface area contributed by atoms with Gasteiger partial charge < -0.3 is 14.4 Å². The largest absolute Gasteiger partial charge is 0.451 e. The van der Waals surface area contributed by atoms with E-state index >= 15 is 4.39 Å². The van der Waals surface area contributed by atoms with Gasteiger partial charge in [0.25, 0.3) is 0 Å². The first-order chi connectivity index (χ1) is 12.4. The predicted octanol–water partition coefficient (Wildman–Crippen LogP) is 4.24. The molecular formula is C19H18F3NO3. The van der Waals surface area contributed by atoms with E-state index in [1.54, 1.807) is 12.1 Å². The van der Waals surface area contributed by atoms with Crippen molar-refractivity contribution < 1.29 is 27.4 Å². The van der Waals surface area contributed by atoms with E-state index in [1.165, 1.54) is 17.0 Å². The van der Waals surface area contributed by atoms with Gasteiger partial charge >= 0.3 is 0 Å². The van der Waals surface area contributed by atoms with Crippen molar-refractivity contribution in [3.8, 4) is 11.5 Å². The van der Waals surface area contributed by atoms with Crippen LogP contribution in [0.2, 0.25) is 0 Å². The van der Waals surface area contributed by atoms with E-state index in [0.29, 0.717) is 13.2 Å². The van der Waals surface area contributed by atoms with E-state index in [9.17, 15) is 13.6 Å². The Kier molecular flexibility index (Phi) is 5.18. The molecule has 1 heterocycles. The van der Waals surface area contributed by atoms with E-state index in [1.807, 2.05) is 6.92 Å². The summed E-state index contributed by atoms with van der Waals surface area (Å²) in [6.07, 6.45) is 0. The maximum atomic E-state index is 15.1. The molecule has 1 saturated heterocycles. The van der Waals surface area contributed by atoms with Crippen molar-refractivity contribution in [2.45, 2.75) is 13.8 Å². The highest BCUT2D eigenvalue weighted by Gasteiger charge is 2.32. The van der Waals surface area contributed by atoms with Crippen LogP contribution in [0.4, 0.5) is 18.9 Å². The Morgan fingerprint density at radius 1 is 1.04 bits per heavy atom. The molecule has 0 unspecified atom stereocenters. The summed E-state index contributed by atoms with van der Waals surface area (Å²) in [4.78, 5) is 13.3. The molecule has 1 aliphatic heterocycles. The molecule has 0 amide bonds. The van der Waals surface area contributed by atoms with Crippen molar-refractivity contribution in [2.24, 2.45) is 0 Å². The first-order valence-corrected chi connectivity index (χ1v) is 8.18. The lowest BCUT2D eigenvalue weighted by molar-refractivity contribution is 0.100. The average Bonchev–Trinajstić information content (AvgIpc) is 2.63. The molecule has 0 bridgehead atoms. The van der Waals surface area contributed by atoms with E-state index < -0.39 is 34.5 Å². The van der Waals surface area contributed by atoms with Crippen LogP contribution in [0.25, 0.3) is 0 Å². The Morgan fingerprint density at radius 2 is 1.65 bits per heavy atom. The number of ketones is 1. The number of nitrogens with zero attached hydrogens (tertiary/aromatic N) is 1. The smallest absolute Gasteiger partial charge is 0.205 e. The Balaban J connectivity index is 2.13. The third-order valence-corrected chi connectivity index (χ3v) is 4.18. The molecule has 7 heteroatoms.